The first kappa shape index (κ1) is 21.4. The van der Waals surface area contributed by atoms with Crippen LogP contribution in [0.2, 0.25) is 10.0 Å². The maximum atomic E-state index is 12.2. The number of carbonyl (C=O) groups excluding carboxylic acids is 2. The molecular weight excluding hydrogens is 427 g/mol. The standard InChI is InChI=1S/C22H16Cl2N2O4/c1-29-17-9-4-15(5-10-17)21(27)26-25-13-14-2-7-18(8-3-14)30-22(28)16-6-11-19(23)20(24)12-16/h2-13H,1H3,(H,26,27)/b25-13-. The zero-order valence-electron chi connectivity index (χ0n) is 15.8. The van der Waals surface area contributed by atoms with Gasteiger partial charge in [0.25, 0.3) is 5.91 Å². The van der Waals surface area contributed by atoms with E-state index in [1.54, 1.807) is 55.6 Å². The molecule has 3 aromatic carbocycles. The lowest BCUT2D eigenvalue weighted by Gasteiger charge is -2.05. The SMILES string of the molecule is COc1ccc(C(=O)N/N=C\c2ccc(OC(=O)c3ccc(Cl)c(Cl)c3)cc2)cc1. The zero-order chi connectivity index (χ0) is 21.5. The molecule has 3 rings (SSSR count). The number of nitrogens with one attached hydrogen (secondary N) is 1. The predicted octanol–water partition coefficient (Wildman–Crippen LogP) is 4.99. The fourth-order valence-corrected chi connectivity index (χ4v) is 2.68. The van der Waals surface area contributed by atoms with Gasteiger partial charge in [0, 0.05) is 5.56 Å². The lowest BCUT2D eigenvalue weighted by molar-refractivity contribution is 0.0734. The average Bonchev–Trinajstić information content (AvgIpc) is 2.76. The van der Waals surface area contributed by atoms with Crippen LogP contribution in [0.3, 0.4) is 0 Å². The molecule has 0 atom stereocenters. The van der Waals surface area contributed by atoms with E-state index >= 15 is 0 Å². The van der Waals surface area contributed by atoms with Gasteiger partial charge in [-0.3, -0.25) is 4.79 Å². The van der Waals surface area contributed by atoms with Crippen molar-refractivity contribution in [1.82, 2.24) is 5.43 Å². The first-order valence-electron chi connectivity index (χ1n) is 8.71. The minimum Gasteiger partial charge on any atom is -0.497 e. The number of carbonyl (C=O) groups is 2. The monoisotopic (exact) mass is 442 g/mol. The van der Waals surface area contributed by atoms with Crippen LogP contribution in [0.4, 0.5) is 0 Å². The smallest absolute Gasteiger partial charge is 0.343 e. The van der Waals surface area contributed by atoms with Crippen LogP contribution in [0, 0.1) is 0 Å². The summed E-state index contributed by atoms with van der Waals surface area (Å²) in [6.45, 7) is 0. The number of hydrogen-bond acceptors (Lipinski definition) is 5. The van der Waals surface area contributed by atoms with Crippen molar-refractivity contribution in [2.75, 3.05) is 7.11 Å². The van der Waals surface area contributed by atoms with Crippen LogP contribution in [-0.4, -0.2) is 25.2 Å². The third kappa shape index (κ3) is 5.59. The number of amides is 1. The fraction of sp³-hybridized carbons (Fsp3) is 0.0455. The summed E-state index contributed by atoms with van der Waals surface area (Å²) in [6.07, 6.45) is 1.48. The summed E-state index contributed by atoms with van der Waals surface area (Å²) in [7, 11) is 1.55. The van der Waals surface area contributed by atoms with Crippen molar-refractivity contribution in [1.29, 1.82) is 0 Å². The van der Waals surface area contributed by atoms with Gasteiger partial charge in [-0.15, -0.1) is 0 Å². The summed E-state index contributed by atoms with van der Waals surface area (Å²) < 4.78 is 10.4. The zero-order valence-corrected chi connectivity index (χ0v) is 17.3. The molecule has 152 valence electrons. The van der Waals surface area contributed by atoms with Gasteiger partial charge in [-0.1, -0.05) is 23.2 Å². The maximum absolute atomic E-state index is 12.2. The molecule has 0 saturated carbocycles. The highest BCUT2D eigenvalue weighted by molar-refractivity contribution is 6.42. The van der Waals surface area contributed by atoms with Crippen LogP contribution >= 0.6 is 23.2 Å². The van der Waals surface area contributed by atoms with Crippen LogP contribution < -0.4 is 14.9 Å². The third-order valence-electron chi connectivity index (χ3n) is 3.98. The number of ether oxygens (including phenoxy) is 2. The molecule has 0 saturated heterocycles. The number of nitrogens with zero attached hydrogens (tertiary/aromatic N) is 1. The molecule has 0 aromatic heterocycles. The van der Waals surface area contributed by atoms with Gasteiger partial charge in [-0.2, -0.15) is 5.10 Å². The molecule has 30 heavy (non-hydrogen) atoms. The second kappa shape index (κ2) is 9.91. The van der Waals surface area contributed by atoms with Gasteiger partial charge in [0.1, 0.15) is 11.5 Å². The largest absolute Gasteiger partial charge is 0.497 e. The summed E-state index contributed by atoms with van der Waals surface area (Å²) in [5.74, 6) is 0.114. The number of halogens is 2. The van der Waals surface area contributed by atoms with E-state index in [4.69, 9.17) is 32.7 Å². The Morgan fingerprint density at radius 2 is 1.50 bits per heavy atom. The van der Waals surface area contributed by atoms with E-state index in [2.05, 4.69) is 10.5 Å². The van der Waals surface area contributed by atoms with Crippen molar-refractivity contribution < 1.29 is 19.1 Å². The Hall–Kier alpha value is -3.35. The van der Waals surface area contributed by atoms with Crippen molar-refractivity contribution in [3.63, 3.8) is 0 Å². The first-order valence-corrected chi connectivity index (χ1v) is 9.46. The summed E-state index contributed by atoms with van der Waals surface area (Å²) in [5.41, 5.74) is 3.90. The molecule has 0 spiro atoms. The van der Waals surface area contributed by atoms with E-state index in [1.807, 2.05) is 0 Å². The van der Waals surface area contributed by atoms with E-state index < -0.39 is 5.97 Å². The normalized spacial score (nSPS) is 10.6. The van der Waals surface area contributed by atoms with Crippen LogP contribution in [0.1, 0.15) is 26.3 Å². The highest BCUT2D eigenvalue weighted by Gasteiger charge is 2.10. The van der Waals surface area contributed by atoms with Gasteiger partial charge in [-0.25, -0.2) is 10.2 Å². The van der Waals surface area contributed by atoms with Crippen LogP contribution in [0.25, 0.3) is 0 Å². The highest BCUT2D eigenvalue weighted by atomic mass is 35.5. The Balaban J connectivity index is 1.56. The predicted molar refractivity (Wildman–Crippen MR) is 116 cm³/mol. The van der Waals surface area contributed by atoms with E-state index in [0.717, 1.165) is 0 Å². The van der Waals surface area contributed by atoms with E-state index in [1.165, 1.54) is 24.4 Å². The Kier molecular flexibility index (Phi) is 7.06. The van der Waals surface area contributed by atoms with Gasteiger partial charge in [0.2, 0.25) is 0 Å². The number of benzene rings is 3. The van der Waals surface area contributed by atoms with E-state index in [0.29, 0.717) is 27.6 Å². The minimum absolute atomic E-state index is 0.273. The Bertz CT molecular complexity index is 1080. The minimum atomic E-state index is -0.554. The third-order valence-corrected chi connectivity index (χ3v) is 4.72. The molecule has 8 heteroatoms. The van der Waals surface area contributed by atoms with Gasteiger partial charge in [0.05, 0.1) is 28.9 Å². The molecule has 6 nitrogen and oxygen atoms in total. The van der Waals surface area contributed by atoms with Gasteiger partial charge in [-0.05, 0) is 72.3 Å². The van der Waals surface area contributed by atoms with Gasteiger partial charge < -0.3 is 9.47 Å². The number of hydrogen-bond donors (Lipinski definition) is 1. The maximum Gasteiger partial charge on any atom is 0.343 e. The molecule has 0 fully saturated rings. The Morgan fingerprint density at radius 3 is 2.13 bits per heavy atom. The highest BCUT2D eigenvalue weighted by Crippen LogP contribution is 2.23. The van der Waals surface area contributed by atoms with Gasteiger partial charge in [0.15, 0.2) is 0 Å². The molecule has 0 aliphatic rings. The lowest BCUT2D eigenvalue weighted by Crippen LogP contribution is -2.17. The van der Waals surface area contributed by atoms with E-state index in [9.17, 15) is 9.59 Å². The molecule has 0 heterocycles. The Morgan fingerprint density at radius 1 is 0.867 bits per heavy atom. The molecular formula is C22H16Cl2N2O4. The molecule has 0 aliphatic carbocycles. The lowest BCUT2D eigenvalue weighted by atomic mass is 10.2. The molecule has 0 radical (unpaired) electrons. The number of hydrazone groups is 1. The van der Waals surface area contributed by atoms with Gasteiger partial charge >= 0.3 is 5.97 Å². The number of rotatable bonds is 6. The van der Waals surface area contributed by atoms with Crippen molar-refractivity contribution in [3.05, 3.63) is 93.5 Å². The van der Waals surface area contributed by atoms with Crippen molar-refractivity contribution in [2.45, 2.75) is 0 Å². The second-order valence-electron chi connectivity index (χ2n) is 6.02. The Labute approximate surface area is 183 Å². The summed E-state index contributed by atoms with van der Waals surface area (Å²) in [4.78, 5) is 24.2. The first-order chi connectivity index (χ1) is 14.5. The summed E-state index contributed by atoms with van der Waals surface area (Å²) in [5, 5.41) is 4.56. The fourth-order valence-electron chi connectivity index (χ4n) is 2.38. The molecule has 0 unspecified atom stereocenters. The van der Waals surface area contributed by atoms with Crippen LogP contribution in [0.5, 0.6) is 11.5 Å². The van der Waals surface area contributed by atoms with E-state index in [-0.39, 0.29) is 16.5 Å². The number of methoxy groups -OCH3 is 1. The molecule has 1 N–H and O–H groups in total. The molecule has 3 aromatic rings. The average molecular weight is 443 g/mol. The molecule has 0 bridgehead atoms. The molecule has 0 aliphatic heterocycles. The van der Waals surface area contributed by atoms with Crippen molar-refractivity contribution >= 4 is 41.3 Å². The van der Waals surface area contributed by atoms with Crippen LogP contribution in [0.15, 0.2) is 71.8 Å². The van der Waals surface area contributed by atoms with Crippen LogP contribution in [-0.2, 0) is 0 Å². The van der Waals surface area contributed by atoms with Crippen molar-refractivity contribution in [2.24, 2.45) is 5.10 Å². The van der Waals surface area contributed by atoms with Crippen molar-refractivity contribution in [3.8, 4) is 11.5 Å². The topological polar surface area (TPSA) is 77.0 Å². The second-order valence-corrected chi connectivity index (χ2v) is 6.83. The quantitative estimate of drug-likeness (QED) is 0.252. The summed E-state index contributed by atoms with van der Waals surface area (Å²) >= 11 is 11.8. The summed E-state index contributed by atoms with van der Waals surface area (Å²) in [6, 6.07) is 17.8. The number of esters is 1. The molecule has 1 amide bonds.